The summed E-state index contributed by atoms with van der Waals surface area (Å²) in [4.78, 5) is 15.4. The van der Waals surface area contributed by atoms with E-state index in [9.17, 15) is 13.2 Å². The molecule has 8 nitrogen and oxygen atoms in total. The predicted octanol–water partition coefficient (Wildman–Crippen LogP) is 4.85. The largest absolute Gasteiger partial charge is 0.331 e. The van der Waals surface area contributed by atoms with Crippen molar-refractivity contribution < 1.29 is 13.2 Å². The van der Waals surface area contributed by atoms with Crippen LogP contribution in [-0.2, 0) is 21.4 Å². The average Bonchev–Trinajstić information content (AvgIpc) is 3.16. The Morgan fingerprint density at radius 3 is 2.38 bits per heavy atom. The fourth-order valence-electron chi connectivity index (χ4n) is 4.47. The van der Waals surface area contributed by atoms with E-state index in [4.69, 9.17) is 17.4 Å². The number of nitrogens with two attached hydrogens (primary N) is 1. The van der Waals surface area contributed by atoms with Crippen LogP contribution >= 0.6 is 12.2 Å². The first-order chi connectivity index (χ1) is 18.6. The molecule has 39 heavy (non-hydrogen) atoms. The molecule has 10 heteroatoms. The van der Waals surface area contributed by atoms with Gasteiger partial charge in [0.25, 0.3) is 5.91 Å². The number of nitrogens with zero attached hydrogens (tertiary/aromatic N) is 2. The van der Waals surface area contributed by atoms with Gasteiger partial charge in [-0.15, -0.1) is 0 Å². The van der Waals surface area contributed by atoms with Crippen molar-refractivity contribution in [1.29, 1.82) is 0 Å². The molecule has 1 aliphatic rings. The van der Waals surface area contributed by atoms with Gasteiger partial charge in [0.05, 0.1) is 17.1 Å². The standard InChI is InChI=1S/C29H27N5O3S2/c1-18(2)21-9-14-26-25(16-21)27(32-33-29(38)31-23-10-12-24(13-11-23)39(30,36)37)28(35)34(26)17-19-7-8-20-5-3-4-6-22(20)15-19/h3-16,18H,17H2,1-2H3,(H2,30,36,37)(H2,31,33,38). The number of benzene rings is 4. The van der Waals surface area contributed by atoms with Gasteiger partial charge >= 0.3 is 0 Å². The number of carbonyl (C=O) groups excluding carboxylic acids is 1. The molecule has 0 bridgehead atoms. The molecule has 0 atom stereocenters. The van der Waals surface area contributed by atoms with Crippen molar-refractivity contribution in [3.8, 4) is 0 Å². The Morgan fingerprint density at radius 2 is 1.69 bits per heavy atom. The fourth-order valence-corrected chi connectivity index (χ4v) is 5.15. The van der Waals surface area contributed by atoms with Crippen LogP contribution < -0.4 is 20.8 Å². The Kier molecular flexibility index (Phi) is 7.17. The molecule has 0 radical (unpaired) electrons. The van der Waals surface area contributed by atoms with Crippen LogP contribution in [0.3, 0.4) is 0 Å². The molecular weight excluding hydrogens is 530 g/mol. The number of rotatable bonds is 6. The van der Waals surface area contributed by atoms with E-state index in [1.807, 2.05) is 36.4 Å². The summed E-state index contributed by atoms with van der Waals surface area (Å²) in [5.74, 6) is 0.0454. The van der Waals surface area contributed by atoms with Crippen LogP contribution in [0.5, 0.6) is 0 Å². The van der Waals surface area contributed by atoms with Crippen molar-refractivity contribution in [2.24, 2.45) is 10.2 Å². The maximum atomic E-state index is 13.6. The van der Waals surface area contributed by atoms with Crippen molar-refractivity contribution in [2.45, 2.75) is 31.2 Å². The molecule has 0 spiro atoms. The Hall–Kier alpha value is -4.12. The smallest absolute Gasteiger partial charge is 0.279 e. The Morgan fingerprint density at radius 1 is 0.974 bits per heavy atom. The van der Waals surface area contributed by atoms with E-state index in [1.165, 1.54) is 24.3 Å². The van der Waals surface area contributed by atoms with E-state index in [0.717, 1.165) is 33.2 Å². The molecule has 0 fully saturated rings. The first-order valence-corrected chi connectivity index (χ1v) is 14.3. The molecule has 5 rings (SSSR count). The van der Waals surface area contributed by atoms with Gasteiger partial charge in [-0.1, -0.05) is 56.3 Å². The predicted molar refractivity (Wildman–Crippen MR) is 159 cm³/mol. The van der Waals surface area contributed by atoms with Gasteiger partial charge in [-0.25, -0.2) is 13.6 Å². The molecule has 0 saturated heterocycles. The van der Waals surface area contributed by atoms with Gasteiger partial charge in [0.15, 0.2) is 10.8 Å². The first-order valence-electron chi connectivity index (χ1n) is 12.3. The van der Waals surface area contributed by atoms with Crippen LogP contribution in [0.1, 0.15) is 36.5 Å². The maximum Gasteiger partial charge on any atom is 0.279 e. The molecule has 4 N–H and O–H groups in total. The van der Waals surface area contributed by atoms with E-state index in [-0.39, 0.29) is 27.5 Å². The zero-order chi connectivity index (χ0) is 27.7. The third-order valence-corrected chi connectivity index (χ3v) is 7.67. The second-order valence-corrected chi connectivity index (χ2v) is 11.6. The second-order valence-electron chi connectivity index (χ2n) is 9.60. The molecule has 0 saturated carbocycles. The third kappa shape index (κ3) is 5.68. The number of hydrazone groups is 1. The van der Waals surface area contributed by atoms with Crippen molar-refractivity contribution in [3.63, 3.8) is 0 Å². The highest BCUT2D eigenvalue weighted by Gasteiger charge is 2.34. The van der Waals surface area contributed by atoms with E-state index in [1.54, 1.807) is 4.90 Å². The summed E-state index contributed by atoms with van der Waals surface area (Å²) >= 11 is 5.36. The van der Waals surface area contributed by atoms with E-state index in [2.05, 4.69) is 54.0 Å². The van der Waals surface area contributed by atoms with Gasteiger partial charge < -0.3 is 10.2 Å². The summed E-state index contributed by atoms with van der Waals surface area (Å²) in [6.45, 7) is 4.59. The normalized spacial score (nSPS) is 14.2. The van der Waals surface area contributed by atoms with Crippen molar-refractivity contribution >= 4 is 61.1 Å². The van der Waals surface area contributed by atoms with Crippen LogP contribution in [-0.4, -0.2) is 25.1 Å². The molecule has 4 aromatic rings. The Bertz CT molecular complexity index is 1730. The van der Waals surface area contributed by atoms with Crippen LogP contribution in [0.15, 0.2) is 94.9 Å². The third-order valence-electron chi connectivity index (χ3n) is 6.55. The second kappa shape index (κ2) is 10.6. The summed E-state index contributed by atoms with van der Waals surface area (Å²) in [5.41, 5.74) is 7.20. The van der Waals surface area contributed by atoms with Crippen LogP contribution in [0.25, 0.3) is 10.8 Å². The molecule has 198 valence electrons. The van der Waals surface area contributed by atoms with E-state index < -0.39 is 10.0 Å². The van der Waals surface area contributed by atoms with Crippen LogP contribution in [0, 0.1) is 0 Å². The molecule has 1 amide bonds. The van der Waals surface area contributed by atoms with E-state index >= 15 is 0 Å². The number of fused-ring (bicyclic) bond motifs is 2. The lowest BCUT2D eigenvalue weighted by Gasteiger charge is -2.18. The number of primary sulfonamides is 1. The Labute approximate surface area is 232 Å². The monoisotopic (exact) mass is 557 g/mol. The number of amides is 1. The molecule has 0 unspecified atom stereocenters. The van der Waals surface area contributed by atoms with E-state index in [0.29, 0.717) is 12.2 Å². The van der Waals surface area contributed by atoms with Crippen molar-refractivity contribution in [2.75, 3.05) is 10.2 Å². The number of sulfonamides is 1. The van der Waals surface area contributed by atoms with Gasteiger partial charge in [-0.05, 0) is 82.5 Å². The Balaban J connectivity index is 1.40. The van der Waals surface area contributed by atoms with Crippen LogP contribution in [0.4, 0.5) is 11.4 Å². The zero-order valence-electron chi connectivity index (χ0n) is 21.4. The lowest BCUT2D eigenvalue weighted by atomic mass is 9.99. The summed E-state index contributed by atoms with van der Waals surface area (Å²) in [6.07, 6.45) is 0. The van der Waals surface area contributed by atoms with Crippen molar-refractivity contribution in [1.82, 2.24) is 5.43 Å². The number of anilines is 2. The highest BCUT2D eigenvalue weighted by Crippen LogP contribution is 2.33. The molecular formula is C29H27N5O3S2. The molecule has 0 aromatic heterocycles. The molecule has 0 aliphatic carbocycles. The molecule has 1 heterocycles. The van der Waals surface area contributed by atoms with Gasteiger partial charge in [0, 0.05) is 11.3 Å². The number of hydrogen-bond acceptors (Lipinski definition) is 5. The summed E-state index contributed by atoms with van der Waals surface area (Å²) in [6, 6.07) is 26.1. The SMILES string of the molecule is CC(C)c1ccc2c(c1)C(=NNC(=S)Nc1ccc(S(N)(=O)=O)cc1)C(=O)N2Cc1ccc2ccccc2c1. The zero-order valence-corrected chi connectivity index (χ0v) is 23.0. The number of nitrogens with one attached hydrogen (secondary N) is 2. The lowest BCUT2D eigenvalue weighted by Crippen LogP contribution is -2.32. The van der Waals surface area contributed by atoms with Crippen molar-refractivity contribution in [3.05, 3.63) is 102 Å². The average molecular weight is 558 g/mol. The lowest BCUT2D eigenvalue weighted by molar-refractivity contribution is -0.112. The van der Waals surface area contributed by atoms with Crippen LogP contribution in [0.2, 0.25) is 0 Å². The minimum absolute atomic E-state index is 0.00667. The minimum Gasteiger partial charge on any atom is -0.331 e. The van der Waals surface area contributed by atoms with Gasteiger partial charge in [-0.2, -0.15) is 5.10 Å². The first kappa shape index (κ1) is 26.5. The number of carbonyl (C=O) groups is 1. The highest BCUT2D eigenvalue weighted by atomic mass is 32.2. The summed E-state index contributed by atoms with van der Waals surface area (Å²) in [7, 11) is -3.79. The fraction of sp³-hybridized carbons (Fsp3) is 0.138. The highest BCUT2D eigenvalue weighted by molar-refractivity contribution is 7.89. The van der Waals surface area contributed by atoms with Gasteiger partial charge in [0.1, 0.15) is 0 Å². The maximum absolute atomic E-state index is 13.6. The topological polar surface area (TPSA) is 117 Å². The van der Waals surface area contributed by atoms with Gasteiger partial charge in [-0.3, -0.25) is 10.2 Å². The summed E-state index contributed by atoms with van der Waals surface area (Å²) in [5, 5.41) is 14.9. The number of thiocarbonyl (C=S) groups is 1. The summed E-state index contributed by atoms with van der Waals surface area (Å²) < 4.78 is 23.0. The number of hydrogen-bond donors (Lipinski definition) is 3. The molecule has 4 aromatic carbocycles. The minimum atomic E-state index is -3.79. The van der Waals surface area contributed by atoms with Gasteiger partial charge in [0.2, 0.25) is 10.0 Å². The quantitative estimate of drug-likeness (QED) is 0.231. The molecule has 1 aliphatic heterocycles.